The molecular formula is C20H31N3O4. The van der Waals surface area contributed by atoms with Gasteiger partial charge >= 0.3 is 5.97 Å². The first-order valence-corrected chi connectivity index (χ1v) is 9.53. The average Bonchev–Trinajstić information content (AvgIpc) is 2.65. The number of carboxylic acid groups (broad SMARTS) is 1. The van der Waals surface area contributed by atoms with Crippen molar-refractivity contribution in [2.75, 3.05) is 58.3 Å². The predicted octanol–water partition coefficient (Wildman–Crippen LogP) is 1.78. The van der Waals surface area contributed by atoms with Crippen LogP contribution in [0.2, 0.25) is 0 Å². The van der Waals surface area contributed by atoms with Crippen molar-refractivity contribution in [3.8, 4) is 0 Å². The molecule has 1 fully saturated rings. The van der Waals surface area contributed by atoms with Gasteiger partial charge in [0.05, 0.1) is 19.3 Å². The number of amides is 1. The molecule has 0 aromatic heterocycles. The maximum absolute atomic E-state index is 12.8. The Labute approximate surface area is 161 Å². The monoisotopic (exact) mass is 377 g/mol. The van der Waals surface area contributed by atoms with Crippen LogP contribution in [0.25, 0.3) is 0 Å². The molecule has 0 radical (unpaired) electrons. The minimum Gasteiger partial charge on any atom is -0.480 e. The van der Waals surface area contributed by atoms with E-state index in [2.05, 4.69) is 18.9 Å². The second kappa shape index (κ2) is 10.3. The SMILES string of the molecule is CCCCN(C)c1ccc(C(=O)N2CCOC(CN(C)CC(=O)O)C2)cc1. The number of morpholine rings is 1. The Morgan fingerprint density at radius 2 is 1.96 bits per heavy atom. The van der Waals surface area contributed by atoms with Gasteiger partial charge in [-0.05, 0) is 37.7 Å². The van der Waals surface area contributed by atoms with Crippen LogP contribution in [-0.4, -0.2) is 86.3 Å². The van der Waals surface area contributed by atoms with E-state index in [0.717, 1.165) is 25.1 Å². The minimum absolute atomic E-state index is 0.00745. The van der Waals surface area contributed by atoms with Crippen molar-refractivity contribution in [1.82, 2.24) is 9.80 Å². The molecule has 7 nitrogen and oxygen atoms in total. The number of ether oxygens (including phenoxy) is 1. The average molecular weight is 377 g/mol. The van der Waals surface area contributed by atoms with E-state index in [1.807, 2.05) is 24.3 Å². The van der Waals surface area contributed by atoms with Crippen molar-refractivity contribution >= 4 is 17.6 Å². The molecule has 1 aliphatic heterocycles. The zero-order valence-electron chi connectivity index (χ0n) is 16.6. The highest BCUT2D eigenvalue weighted by Crippen LogP contribution is 2.17. The van der Waals surface area contributed by atoms with Crippen molar-refractivity contribution < 1.29 is 19.4 Å². The Morgan fingerprint density at radius 1 is 1.26 bits per heavy atom. The fourth-order valence-electron chi connectivity index (χ4n) is 3.22. The van der Waals surface area contributed by atoms with E-state index in [9.17, 15) is 9.59 Å². The fraction of sp³-hybridized carbons (Fsp3) is 0.600. The summed E-state index contributed by atoms with van der Waals surface area (Å²) in [6, 6.07) is 7.73. The van der Waals surface area contributed by atoms with E-state index in [1.165, 1.54) is 0 Å². The van der Waals surface area contributed by atoms with Crippen LogP contribution in [-0.2, 0) is 9.53 Å². The van der Waals surface area contributed by atoms with E-state index in [4.69, 9.17) is 9.84 Å². The molecule has 1 unspecified atom stereocenters. The molecule has 150 valence electrons. The number of benzene rings is 1. The number of carboxylic acids is 1. The summed E-state index contributed by atoms with van der Waals surface area (Å²) in [7, 11) is 3.80. The van der Waals surface area contributed by atoms with Crippen molar-refractivity contribution in [3.63, 3.8) is 0 Å². The molecule has 1 amide bonds. The minimum atomic E-state index is -0.870. The number of likely N-dealkylation sites (N-methyl/N-ethyl adjacent to an activating group) is 1. The Balaban J connectivity index is 1.93. The molecule has 2 rings (SSSR count). The van der Waals surface area contributed by atoms with E-state index in [0.29, 0.717) is 31.8 Å². The summed E-state index contributed by atoms with van der Waals surface area (Å²) < 4.78 is 5.70. The second-order valence-electron chi connectivity index (χ2n) is 7.16. The lowest BCUT2D eigenvalue weighted by Gasteiger charge is -2.34. The van der Waals surface area contributed by atoms with Gasteiger partial charge in [-0.1, -0.05) is 13.3 Å². The van der Waals surface area contributed by atoms with E-state index >= 15 is 0 Å². The lowest BCUT2D eigenvalue weighted by Crippen LogP contribution is -2.49. The van der Waals surface area contributed by atoms with Gasteiger partial charge in [-0.3, -0.25) is 14.5 Å². The van der Waals surface area contributed by atoms with Crippen LogP contribution in [0.5, 0.6) is 0 Å². The van der Waals surface area contributed by atoms with Crippen LogP contribution in [0.3, 0.4) is 0 Å². The van der Waals surface area contributed by atoms with Crippen LogP contribution in [0.15, 0.2) is 24.3 Å². The highest BCUT2D eigenvalue weighted by molar-refractivity contribution is 5.94. The number of nitrogens with zero attached hydrogens (tertiary/aromatic N) is 3. The summed E-state index contributed by atoms with van der Waals surface area (Å²) in [4.78, 5) is 29.3. The molecule has 1 heterocycles. The molecule has 1 aliphatic rings. The van der Waals surface area contributed by atoms with Crippen molar-refractivity contribution in [1.29, 1.82) is 0 Å². The van der Waals surface area contributed by atoms with Gasteiger partial charge in [0.1, 0.15) is 0 Å². The first-order chi connectivity index (χ1) is 12.9. The predicted molar refractivity (Wildman–Crippen MR) is 105 cm³/mol. The number of unbranched alkanes of at least 4 members (excludes halogenated alkanes) is 1. The quantitative estimate of drug-likeness (QED) is 0.707. The lowest BCUT2D eigenvalue weighted by molar-refractivity contribution is -0.138. The van der Waals surface area contributed by atoms with Gasteiger partial charge in [0, 0.05) is 44.5 Å². The Kier molecular flexibility index (Phi) is 8.06. The van der Waals surface area contributed by atoms with E-state index in [1.54, 1.807) is 16.8 Å². The molecule has 0 saturated carbocycles. The van der Waals surface area contributed by atoms with Gasteiger partial charge in [-0.25, -0.2) is 0 Å². The number of aliphatic carboxylic acids is 1. The van der Waals surface area contributed by atoms with Crippen LogP contribution < -0.4 is 4.90 Å². The zero-order valence-corrected chi connectivity index (χ0v) is 16.6. The molecule has 0 aliphatic carbocycles. The highest BCUT2D eigenvalue weighted by atomic mass is 16.5. The van der Waals surface area contributed by atoms with E-state index < -0.39 is 5.97 Å². The molecule has 1 aromatic carbocycles. The molecule has 1 atom stereocenters. The van der Waals surface area contributed by atoms with Gasteiger partial charge in [0.2, 0.25) is 0 Å². The number of hydrogen-bond donors (Lipinski definition) is 1. The number of anilines is 1. The lowest BCUT2D eigenvalue weighted by atomic mass is 10.1. The summed E-state index contributed by atoms with van der Waals surface area (Å²) in [6.07, 6.45) is 2.12. The third kappa shape index (κ3) is 6.52. The number of rotatable bonds is 9. The maximum Gasteiger partial charge on any atom is 0.317 e. The van der Waals surface area contributed by atoms with Crippen molar-refractivity contribution in [2.45, 2.75) is 25.9 Å². The third-order valence-electron chi connectivity index (χ3n) is 4.75. The van der Waals surface area contributed by atoms with Crippen LogP contribution >= 0.6 is 0 Å². The summed E-state index contributed by atoms with van der Waals surface area (Å²) in [5.41, 5.74) is 1.78. The molecule has 0 spiro atoms. The highest BCUT2D eigenvalue weighted by Gasteiger charge is 2.26. The Morgan fingerprint density at radius 3 is 2.59 bits per heavy atom. The van der Waals surface area contributed by atoms with Gasteiger partial charge in [0.25, 0.3) is 5.91 Å². The Bertz CT molecular complexity index is 620. The van der Waals surface area contributed by atoms with Gasteiger partial charge in [-0.15, -0.1) is 0 Å². The number of hydrogen-bond acceptors (Lipinski definition) is 5. The Hall–Kier alpha value is -2.12. The molecule has 1 N–H and O–H groups in total. The first-order valence-electron chi connectivity index (χ1n) is 9.53. The summed E-state index contributed by atoms with van der Waals surface area (Å²) in [6.45, 7) is 5.10. The maximum atomic E-state index is 12.8. The van der Waals surface area contributed by atoms with Crippen molar-refractivity contribution in [2.24, 2.45) is 0 Å². The molecule has 0 bridgehead atoms. The van der Waals surface area contributed by atoms with Gasteiger partial charge in [0.15, 0.2) is 0 Å². The van der Waals surface area contributed by atoms with Crippen LogP contribution in [0.4, 0.5) is 5.69 Å². The topological polar surface area (TPSA) is 73.3 Å². The summed E-state index contributed by atoms with van der Waals surface area (Å²) >= 11 is 0. The molecule has 27 heavy (non-hydrogen) atoms. The third-order valence-corrected chi connectivity index (χ3v) is 4.75. The number of carbonyl (C=O) groups excluding carboxylic acids is 1. The molecule has 7 heteroatoms. The van der Waals surface area contributed by atoms with Crippen LogP contribution in [0, 0.1) is 0 Å². The first kappa shape index (κ1) is 21.2. The van der Waals surface area contributed by atoms with Crippen molar-refractivity contribution in [3.05, 3.63) is 29.8 Å². The zero-order chi connectivity index (χ0) is 19.8. The van der Waals surface area contributed by atoms with E-state index in [-0.39, 0.29) is 18.6 Å². The number of carbonyl (C=O) groups is 2. The normalized spacial score (nSPS) is 17.2. The van der Waals surface area contributed by atoms with Gasteiger partial charge < -0.3 is 19.6 Å². The second-order valence-corrected chi connectivity index (χ2v) is 7.16. The molecule has 1 saturated heterocycles. The summed E-state index contributed by atoms with van der Waals surface area (Å²) in [5.74, 6) is -0.878. The largest absolute Gasteiger partial charge is 0.480 e. The molecule has 1 aromatic rings. The fourth-order valence-corrected chi connectivity index (χ4v) is 3.22. The smallest absolute Gasteiger partial charge is 0.317 e. The molecular weight excluding hydrogens is 346 g/mol. The standard InChI is InChI=1S/C20H31N3O4/c1-4-5-10-22(3)17-8-6-16(7-9-17)20(26)23-11-12-27-18(14-23)13-21(2)15-19(24)25/h6-9,18H,4-5,10-15H2,1-3H3,(H,24,25). The van der Waals surface area contributed by atoms with Gasteiger partial charge in [-0.2, -0.15) is 0 Å². The van der Waals surface area contributed by atoms with Crippen LogP contribution in [0.1, 0.15) is 30.1 Å². The summed E-state index contributed by atoms with van der Waals surface area (Å²) in [5, 5.41) is 8.86.